The van der Waals surface area contributed by atoms with E-state index in [1.54, 1.807) is 0 Å². The summed E-state index contributed by atoms with van der Waals surface area (Å²) in [6.07, 6.45) is 1.00. The van der Waals surface area contributed by atoms with Crippen molar-refractivity contribution in [1.29, 1.82) is 0 Å². The van der Waals surface area contributed by atoms with E-state index < -0.39 is 0 Å². The topological polar surface area (TPSA) is 41.6 Å². The molecule has 2 aliphatic heterocycles. The summed E-state index contributed by atoms with van der Waals surface area (Å²) in [4.78, 5) is 13.5. The molecule has 2 fully saturated rings. The molecule has 1 N–H and O–H groups in total. The van der Waals surface area contributed by atoms with Crippen LogP contribution >= 0.6 is 0 Å². The molecule has 0 saturated carbocycles. The van der Waals surface area contributed by atoms with Crippen LogP contribution in [0.3, 0.4) is 0 Å². The third-order valence-electron chi connectivity index (χ3n) is 3.76. The zero-order chi connectivity index (χ0) is 12.4. The lowest BCUT2D eigenvalue weighted by Gasteiger charge is -2.33. The maximum atomic E-state index is 11.1. The summed E-state index contributed by atoms with van der Waals surface area (Å²) in [5.74, 6) is 0.00198. The molecule has 4 heteroatoms. The van der Waals surface area contributed by atoms with E-state index in [0.29, 0.717) is 6.54 Å². The smallest absolute Gasteiger partial charge is 0.246 e. The summed E-state index contributed by atoms with van der Waals surface area (Å²) in [6.45, 7) is 3.75. The van der Waals surface area contributed by atoms with Crippen molar-refractivity contribution in [3.05, 3.63) is 35.9 Å². The first-order valence-electron chi connectivity index (χ1n) is 6.43. The Labute approximate surface area is 107 Å². The van der Waals surface area contributed by atoms with Gasteiger partial charge in [0.1, 0.15) is 6.61 Å². The number of hydrogen-bond donors (Lipinski definition) is 1. The zero-order valence-electron chi connectivity index (χ0n) is 10.4. The predicted octanol–water partition coefficient (Wildman–Crippen LogP) is 0.777. The fourth-order valence-corrected chi connectivity index (χ4v) is 2.75. The van der Waals surface area contributed by atoms with Gasteiger partial charge in [-0.3, -0.25) is 9.69 Å². The van der Waals surface area contributed by atoms with Crippen LogP contribution in [0.1, 0.15) is 12.0 Å². The van der Waals surface area contributed by atoms with Gasteiger partial charge in [0.15, 0.2) is 0 Å². The monoisotopic (exact) mass is 246 g/mol. The Morgan fingerprint density at radius 3 is 2.89 bits per heavy atom. The lowest BCUT2D eigenvalue weighted by atomic mass is 10.0. The van der Waals surface area contributed by atoms with Crippen LogP contribution in [-0.4, -0.2) is 42.6 Å². The zero-order valence-corrected chi connectivity index (χ0v) is 10.4. The molecular formula is C14H18N2O2. The summed E-state index contributed by atoms with van der Waals surface area (Å²) >= 11 is 0. The third-order valence-corrected chi connectivity index (χ3v) is 3.76. The molecule has 1 spiro atoms. The summed E-state index contributed by atoms with van der Waals surface area (Å²) < 4.78 is 5.75. The van der Waals surface area contributed by atoms with Gasteiger partial charge < -0.3 is 10.1 Å². The van der Waals surface area contributed by atoms with Crippen LogP contribution < -0.4 is 5.32 Å². The standard InChI is InChI=1S/C14H18N2O2/c17-13-9-18-14(10-15-13)6-7-16(11-14)8-12-4-2-1-3-5-12/h1-5H,6-11H2,(H,15,17). The first-order valence-corrected chi connectivity index (χ1v) is 6.43. The Kier molecular flexibility index (Phi) is 3.06. The van der Waals surface area contributed by atoms with Gasteiger partial charge in [0.2, 0.25) is 5.91 Å². The lowest BCUT2D eigenvalue weighted by molar-refractivity contribution is -0.142. The van der Waals surface area contributed by atoms with E-state index in [9.17, 15) is 4.79 Å². The Morgan fingerprint density at radius 1 is 1.33 bits per heavy atom. The molecule has 0 aliphatic carbocycles. The number of hydrogen-bond acceptors (Lipinski definition) is 3. The molecule has 18 heavy (non-hydrogen) atoms. The van der Waals surface area contributed by atoms with Crippen LogP contribution in [0.15, 0.2) is 30.3 Å². The van der Waals surface area contributed by atoms with Crippen molar-refractivity contribution in [2.24, 2.45) is 0 Å². The molecule has 2 aliphatic rings. The van der Waals surface area contributed by atoms with Gasteiger partial charge in [0.25, 0.3) is 0 Å². The van der Waals surface area contributed by atoms with Crippen LogP contribution in [0, 0.1) is 0 Å². The van der Waals surface area contributed by atoms with E-state index in [0.717, 1.165) is 26.1 Å². The van der Waals surface area contributed by atoms with Crippen molar-refractivity contribution in [1.82, 2.24) is 10.2 Å². The second-order valence-corrected chi connectivity index (χ2v) is 5.19. The lowest BCUT2D eigenvalue weighted by Crippen LogP contribution is -2.53. The maximum absolute atomic E-state index is 11.1. The van der Waals surface area contributed by atoms with Crippen molar-refractivity contribution in [3.63, 3.8) is 0 Å². The van der Waals surface area contributed by atoms with Gasteiger partial charge in [-0.05, 0) is 12.0 Å². The quantitative estimate of drug-likeness (QED) is 0.838. The Bertz CT molecular complexity index is 423. The van der Waals surface area contributed by atoms with E-state index in [2.05, 4.69) is 34.5 Å². The van der Waals surface area contributed by atoms with Crippen LogP contribution in [0.4, 0.5) is 0 Å². The van der Waals surface area contributed by atoms with E-state index in [1.807, 2.05) is 6.07 Å². The second-order valence-electron chi connectivity index (χ2n) is 5.19. The molecule has 1 amide bonds. The number of nitrogens with zero attached hydrogens (tertiary/aromatic N) is 1. The molecular weight excluding hydrogens is 228 g/mol. The molecule has 1 aromatic carbocycles. The van der Waals surface area contributed by atoms with E-state index in [1.165, 1.54) is 5.56 Å². The van der Waals surface area contributed by atoms with Crippen molar-refractivity contribution < 1.29 is 9.53 Å². The average Bonchev–Trinajstić information content (AvgIpc) is 2.78. The second kappa shape index (κ2) is 4.71. The van der Waals surface area contributed by atoms with E-state index in [-0.39, 0.29) is 18.1 Å². The van der Waals surface area contributed by atoms with Crippen LogP contribution in [0.25, 0.3) is 0 Å². The molecule has 1 atom stereocenters. The van der Waals surface area contributed by atoms with Crippen molar-refractivity contribution >= 4 is 5.91 Å². The molecule has 3 rings (SSSR count). The highest BCUT2D eigenvalue weighted by molar-refractivity contribution is 5.78. The minimum Gasteiger partial charge on any atom is -0.362 e. The molecule has 96 valence electrons. The number of nitrogens with one attached hydrogen (secondary N) is 1. The van der Waals surface area contributed by atoms with E-state index >= 15 is 0 Å². The highest BCUT2D eigenvalue weighted by atomic mass is 16.5. The van der Waals surface area contributed by atoms with Gasteiger partial charge in [-0.25, -0.2) is 0 Å². The van der Waals surface area contributed by atoms with Crippen molar-refractivity contribution in [3.8, 4) is 0 Å². The van der Waals surface area contributed by atoms with Gasteiger partial charge in [0, 0.05) is 26.2 Å². The number of likely N-dealkylation sites (tertiary alicyclic amines) is 1. The van der Waals surface area contributed by atoms with Gasteiger partial charge in [-0.1, -0.05) is 30.3 Å². The summed E-state index contributed by atoms with van der Waals surface area (Å²) in [6, 6.07) is 10.5. The molecule has 2 heterocycles. The minimum atomic E-state index is -0.150. The SMILES string of the molecule is O=C1COC2(CCN(Cc3ccccc3)C2)CN1. The summed E-state index contributed by atoms with van der Waals surface area (Å²) in [7, 11) is 0. The van der Waals surface area contributed by atoms with Crippen molar-refractivity contribution in [2.45, 2.75) is 18.6 Å². The number of rotatable bonds is 2. The largest absolute Gasteiger partial charge is 0.362 e. The highest BCUT2D eigenvalue weighted by Gasteiger charge is 2.41. The summed E-state index contributed by atoms with van der Waals surface area (Å²) in [5, 5.41) is 2.91. The Balaban J connectivity index is 1.60. The number of amides is 1. The van der Waals surface area contributed by atoms with Crippen LogP contribution in [0.5, 0.6) is 0 Å². The number of carbonyl (C=O) groups excluding carboxylic acids is 1. The van der Waals surface area contributed by atoms with E-state index in [4.69, 9.17) is 4.74 Å². The molecule has 0 bridgehead atoms. The van der Waals surface area contributed by atoms with Gasteiger partial charge in [-0.15, -0.1) is 0 Å². The minimum absolute atomic E-state index is 0.00198. The third kappa shape index (κ3) is 2.40. The van der Waals surface area contributed by atoms with Gasteiger partial charge in [-0.2, -0.15) is 0 Å². The molecule has 1 aromatic rings. The molecule has 0 aromatic heterocycles. The fraction of sp³-hybridized carbons (Fsp3) is 0.500. The first-order chi connectivity index (χ1) is 8.76. The average molecular weight is 246 g/mol. The molecule has 2 saturated heterocycles. The van der Waals surface area contributed by atoms with Crippen LogP contribution in [-0.2, 0) is 16.1 Å². The number of carbonyl (C=O) groups is 1. The first kappa shape index (κ1) is 11.7. The predicted molar refractivity (Wildman–Crippen MR) is 68.0 cm³/mol. The fourth-order valence-electron chi connectivity index (χ4n) is 2.75. The summed E-state index contributed by atoms with van der Waals surface area (Å²) in [5.41, 5.74) is 1.18. The Morgan fingerprint density at radius 2 is 2.17 bits per heavy atom. The molecule has 1 unspecified atom stereocenters. The molecule has 4 nitrogen and oxygen atoms in total. The normalized spacial score (nSPS) is 28.6. The highest BCUT2D eigenvalue weighted by Crippen LogP contribution is 2.27. The number of morpholine rings is 1. The van der Waals surface area contributed by atoms with Gasteiger partial charge >= 0.3 is 0 Å². The maximum Gasteiger partial charge on any atom is 0.246 e. The van der Waals surface area contributed by atoms with Gasteiger partial charge in [0.05, 0.1) is 5.60 Å². The Hall–Kier alpha value is -1.39. The number of ether oxygens (including phenoxy) is 1. The van der Waals surface area contributed by atoms with Crippen molar-refractivity contribution in [2.75, 3.05) is 26.2 Å². The molecule has 0 radical (unpaired) electrons. The number of benzene rings is 1. The van der Waals surface area contributed by atoms with Crippen LogP contribution in [0.2, 0.25) is 0 Å².